The van der Waals surface area contributed by atoms with E-state index >= 15 is 0 Å². The fourth-order valence-corrected chi connectivity index (χ4v) is 2.71. The van der Waals surface area contributed by atoms with E-state index < -0.39 is 6.10 Å². The van der Waals surface area contributed by atoms with Gasteiger partial charge in [-0.2, -0.15) is 0 Å². The van der Waals surface area contributed by atoms with Gasteiger partial charge in [-0.25, -0.2) is 0 Å². The Bertz CT molecular complexity index is 244. The summed E-state index contributed by atoms with van der Waals surface area (Å²) in [6, 6.07) is 0. The number of aliphatic hydroxyl groups is 1. The number of carbonyl (C=O) groups is 1. The van der Waals surface area contributed by atoms with Crippen molar-refractivity contribution < 1.29 is 14.6 Å². The number of rotatable bonds is 2. The van der Waals surface area contributed by atoms with Crippen molar-refractivity contribution in [2.75, 3.05) is 26.2 Å². The molecule has 0 aromatic rings. The number of carbonyl (C=O) groups excluding carboxylic acids is 1. The van der Waals surface area contributed by atoms with Crippen LogP contribution in [0.3, 0.4) is 0 Å². The normalized spacial score (nSPS) is 39.9. The molecule has 2 fully saturated rings. The van der Waals surface area contributed by atoms with E-state index in [1.165, 1.54) is 0 Å². The lowest BCUT2D eigenvalue weighted by Crippen LogP contribution is -2.54. The smallest absolute Gasteiger partial charge is 0.312 e. The van der Waals surface area contributed by atoms with Crippen molar-refractivity contribution in [1.82, 2.24) is 4.90 Å². The van der Waals surface area contributed by atoms with E-state index in [4.69, 9.17) is 4.74 Å². The van der Waals surface area contributed by atoms with E-state index in [2.05, 4.69) is 4.90 Å². The Labute approximate surface area is 90.2 Å². The molecule has 0 aromatic carbocycles. The molecular formula is C11H19NO3. The third kappa shape index (κ3) is 2.16. The molecule has 86 valence electrons. The summed E-state index contributed by atoms with van der Waals surface area (Å²) < 4.78 is 4.99. The largest absolute Gasteiger partial charge is 0.466 e. The molecule has 0 aromatic heterocycles. The van der Waals surface area contributed by atoms with Gasteiger partial charge in [-0.15, -0.1) is 0 Å². The van der Waals surface area contributed by atoms with Crippen LogP contribution in [0.2, 0.25) is 0 Å². The fourth-order valence-electron chi connectivity index (χ4n) is 2.71. The van der Waals surface area contributed by atoms with Crippen molar-refractivity contribution in [2.24, 2.45) is 11.8 Å². The number of piperidine rings is 2. The zero-order valence-corrected chi connectivity index (χ0v) is 9.19. The van der Waals surface area contributed by atoms with Crippen LogP contribution in [0.5, 0.6) is 0 Å². The molecule has 4 nitrogen and oxygen atoms in total. The van der Waals surface area contributed by atoms with Gasteiger partial charge in [-0.1, -0.05) is 0 Å². The van der Waals surface area contributed by atoms with Gasteiger partial charge in [0.1, 0.15) is 0 Å². The first kappa shape index (κ1) is 10.9. The van der Waals surface area contributed by atoms with Gasteiger partial charge in [-0.05, 0) is 32.2 Å². The van der Waals surface area contributed by atoms with E-state index in [9.17, 15) is 9.90 Å². The molecule has 2 saturated heterocycles. The molecule has 0 saturated carbocycles. The number of ether oxygens (including phenoxy) is 1. The van der Waals surface area contributed by atoms with Crippen molar-refractivity contribution in [3.63, 3.8) is 0 Å². The lowest BCUT2D eigenvalue weighted by Gasteiger charge is -2.43. The fraction of sp³-hybridized carbons (Fsp3) is 0.909. The number of fused-ring (bicyclic) bond motifs is 2. The Balaban J connectivity index is 2.02. The molecule has 4 heteroatoms. The van der Waals surface area contributed by atoms with Crippen LogP contribution in [0.15, 0.2) is 0 Å². The number of hydrogen-bond acceptors (Lipinski definition) is 4. The summed E-state index contributed by atoms with van der Waals surface area (Å²) in [5.41, 5.74) is 0. The van der Waals surface area contributed by atoms with Crippen LogP contribution in [-0.4, -0.2) is 48.3 Å². The molecule has 0 aliphatic carbocycles. The van der Waals surface area contributed by atoms with Gasteiger partial charge in [0.15, 0.2) is 0 Å². The van der Waals surface area contributed by atoms with Gasteiger partial charge < -0.3 is 14.7 Å². The van der Waals surface area contributed by atoms with E-state index in [0.717, 1.165) is 25.9 Å². The summed E-state index contributed by atoms with van der Waals surface area (Å²) in [6.07, 6.45) is 1.67. The van der Waals surface area contributed by atoms with Crippen molar-refractivity contribution in [2.45, 2.75) is 25.9 Å². The van der Waals surface area contributed by atoms with Crippen LogP contribution in [0.4, 0.5) is 0 Å². The van der Waals surface area contributed by atoms with E-state index in [1.807, 2.05) is 0 Å². The SMILES string of the molecule is CCOC(=O)C1CN2CCCC(C2)C1O. The average molecular weight is 213 g/mol. The van der Waals surface area contributed by atoms with Gasteiger partial charge in [0.2, 0.25) is 0 Å². The molecule has 15 heavy (non-hydrogen) atoms. The van der Waals surface area contributed by atoms with Crippen molar-refractivity contribution in [1.29, 1.82) is 0 Å². The van der Waals surface area contributed by atoms with Crippen LogP contribution < -0.4 is 0 Å². The van der Waals surface area contributed by atoms with Crippen molar-refractivity contribution >= 4 is 5.97 Å². The van der Waals surface area contributed by atoms with Gasteiger partial charge >= 0.3 is 5.97 Å². The number of aliphatic hydroxyl groups excluding tert-OH is 1. The van der Waals surface area contributed by atoms with Gasteiger partial charge in [0.05, 0.1) is 18.6 Å². The first-order valence-corrected chi connectivity index (χ1v) is 5.79. The van der Waals surface area contributed by atoms with Gasteiger partial charge in [-0.3, -0.25) is 4.79 Å². The van der Waals surface area contributed by atoms with E-state index in [1.54, 1.807) is 6.92 Å². The summed E-state index contributed by atoms with van der Waals surface area (Å²) >= 11 is 0. The topological polar surface area (TPSA) is 49.8 Å². The number of esters is 1. The van der Waals surface area contributed by atoms with Gasteiger partial charge in [0, 0.05) is 13.1 Å². The molecule has 0 radical (unpaired) electrons. The molecule has 1 N–H and O–H groups in total. The highest BCUT2D eigenvalue weighted by atomic mass is 16.5. The zero-order valence-electron chi connectivity index (χ0n) is 9.19. The number of hydrogen-bond donors (Lipinski definition) is 1. The second-order valence-electron chi connectivity index (χ2n) is 4.51. The quantitative estimate of drug-likeness (QED) is 0.668. The Kier molecular flexibility index (Phi) is 3.26. The molecule has 2 rings (SSSR count). The summed E-state index contributed by atoms with van der Waals surface area (Å²) in [6.45, 7) is 4.85. The van der Waals surface area contributed by atoms with Crippen LogP contribution in [-0.2, 0) is 9.53 Å². The Hall–Kier alpha value is -0.610. The highest BCUT2D eigenvalue weighted by Gasteiger charge is 2.41. The highest BCUT2D eigenvalue weighted by Crippen LogP contribution is 2.30. The molecule has 2 bridgehead atoms. The molecule has 0 amide bonds. The second-order valence-corrected chi connectivity index (χ2v) is 4.51. The molecule has 0 spiro atoms. The van der Waals surface area contributed by atoms with Gasteiger partial charge in [0.25, 0.3) is 0 Å². The van der Waals surface area contributed by atoms with Crippen LogP contribution >= 0.6 is 0 Å². The minimum Gasteiger partial charge on any atom is -0.466 e. The predicted octanol–water partition coefficient (Wildman–Crippen LogP) is 0.252. The Morgan fingerprint density at radius 3 is 3.07 bits per heavy atom. The van der Waals surface area contributed by atoms with Crippen LogP contribution in [0.25, 0.3) is 0 Å². The standard InChI is InChI=1S/C11H19NO3/c1-2-15-11(14)9-7-12-5-3-4-8(6-12)10(9)13/h8-10,13H,2-7H2,1H3. The summed E-state index contributed by atoms with van der Waals surface area (Å²) in [5.74, 6) is -0.299. The summed E-state index contributed by atoms with van der Waals surface area (Å²) in [4.78, 5) is 13.9. The highest BCUT2D eigenvalue weighted by molar-refractivity contribution is 5.73. The average Bonchev–Trinajstić information content (AvgIpc) is 2.24. The Morgan fingerprint density at radius 1 is 1.53 bits per heavy atom. The zero-order chi connectivity index (χ0) is 10.8. The monoisotopic (exact) mass is 213 g/mol. The molecule has 2 aliphatic rings. The minimum absolute atomic E-state index is 0.235. The lowest BCUT2D eigenvalue weighted by atomic mass is 9.80. The molecule has 2 aliphatic heterocycles. The van der Waals surface area contributed by atoms with Crippen LogP contribution in [0, 0.1) is 11.8 Å². The maximum atomic E-state index is 11.6. The molecule has 2 heterocycles. The summed E-state index contributed by atoms with van der Waals surface area (Å²) in [7, 11) is 0. The Morgan fingerprint density at radius 2 is 2.33 bits per heavy atom. The van der Waals surface area contributed by atoms with E-state index in [-0.39, 0.29) is 17.8 Å². The van der Waals surface area contributed by atoms with Crippen molar-refractivity contribution in [3.8, 4) is 0 Å². The maximum absolute atomic E-state index is 11.6. The van der Waals surface area contributed by atoms with Crippen LogP contribution in [0.1, 0.15) is 19.8 Å². The van der Waals surface area contributed by atoms with E-state index in [0.29, 0.717) is 13.2 Å². The second kappa shape index (κ2) is 4.49. The van der Waals surface area contributed by atoms with Crippen molar-refractivity contribution in [3.05, 3.63) is 0 Å². The molecular weight excluding hydrogens is 194 g/mol. The lowest BCUT2D eigenvalue weighted by molar-refractivity contribution is -0.159. The minimum atomic E-state index is -0.499. The molecule has 4 unspecified atom stereocenters. The first-order chi connectivity index (χ1) is 7.22. The number of nitrogens with zero attached hydrogens (tertiary/aromatic N) is 1. The maximum Gasteiger partial charge on any atom is 0.312 e. The first-order valence-electron chi connectivity index (χ1n) is 5.79. The predicted molar refractivity (Wildman–Crippen MR) is 55.3 cm³/mol. The summed E-state index contributed by atoms with van der Waals surface area (Å²) in [5, 5.41) is 10.0. The molecule has 4 atom stereocenters. The third-order valence-corrected chi connectivity index (χ3v) is 3.48. The third-order valence-electron chi connectivity index (χ3n) is 3.48.